The Kier molecular flexibility index (Phi) is 4.74. The summed E-state index contributed by atoms with van der Waals surface area (Å²) in [6.07, 6.45) is -4.50. The van der Waals surface area contributed by atoms with E-state index in [1.807, 2.05) is 0 Å². The highest BCUT2D eigenvalue weighted by Crippen LogP contribution is 2.16. The van der Waals surface area contributed by atoms with Crippen LogP contribution in [0.25, 0.3) is 0 Å². The summed E-state index contributed by atoms with van der Waals surface area (Å²) in [5, 5.41) is 3.78. The molecule has 0 aliphatic heterocycles. The summed E-state index contributed by atoms with van der Waals surface area (Å²) in [6, 6.07) is 4.75. The van der Waals surface area contributed by atoms with Crippen LogP contribution >= 0.6 is 0 Å². The van der Waals surface area contributed by atoms with E-state index in [9.17, 15) is 22.8 Å². The Labute approximate surface area is 106 Å². The molecule has 0 saturated heterocycles. The Morgan fingerprint density at radius 1 is 1.26 bits per heavy atom. The van der Waals surface area contributed by atoms with Gasteiger partial charge in [-0.1, -0.05) is 12.1 Å². The number of para-hydroxylation sites is 1. The lowest BCUT2D eigenvalue weighted by atomic mass is 10.2. The zero-order chi connectivity index (χ0) is 14.5. The van der Waals surface area contributed by atoms with Crippen LogP contribution in [0.2, 0.25) is 0 Å². The van der Waals surface area contributed by atoms with Crippen molar-refractivity contribution in [3.05, 3.63) is 29.8 Å². The average molecular weight is 276 g/mol. The molecule has 0 atom stereocenters. The Morgan fingerprint density at radius 3 is 2.47 bits per heavy atom. The maximum atomic E-state index is 11.9. The van der Waals surface area contributed by atoms with Gasteiger partial charge in [-0.3, -0.25) is 0 Å². The van der Waals surface area contributed by atoms with Gasteiger partial charge in [-0.05, 0) is 12.1 Å². The molecule has 0 saturated carbocycles. The predicted molar refractivity (Wildman–Crippen MR) is 60.9 cm³/mol. The predicted octanol–water partition coefficient (Wildman–Crippen LogP) is 2.16. The number of urea groups is 1. The number of hydrogen-bond donors (Lipinski definition) is 2. The number of esters is 1. The topological polar surface area (TPSA) is 67.4 Å². The highest BCUT2D eigenvalue weighted by Gasteiger charge is 2.27. The fourth-order valence-electron chi connectivity index (χ4n) is 1.23. The van der Waals surface area contributed by atoms with Crippen molar-refractivity contribution in [3.63, 3.8) is 0 Å². The van der Waals surface area contributed by atoms with Crippen molar-refractivity contribution in [2.45, 2.75) is 6.18 Å². The number of anilines is 1. The highest BCUT2D eigenvalue weighted by atomic mass is 19.4. The maximum Gasteiger partial charge on any atom is 0.405 e. The Morgan fingerprint density at radius 2 is 1.89 bits per heavy atom. The van der Waals surface area contributed by atoms with Gasteiger partial charge < -0.3 is 15.4 Å². The van der Waals surface area contributed by atoms with Crippen LogP contribution in [0.1, 0.15) is 10.4 Å². The van der Waals surface area contributed by atoms with E-state index in [1.54, 1.807) is 5.32 Å². The first-order valence-corrected chi connectivity index (χ1v) is 5.12. The number of nitrogens with one attached hydrogen (secondary N) is 2. The van der Waals surface area contributed by atoms with E-state index in [1.165, 1.54) is 24.3 Å². The second-order valence-corrected chi connectivity index (χ2v) is 3.46. The molecular formula is C11H11F3N2O3. The first-order valence-electron chi connectivity index (χ1n) is 5.12. The van der Waals surface area contributed by atoms with Crippen molar-refractivity contribution in [2.24, 2.45) is 0 Å². The molecule has 2 amide bonds. The Hall–Kier alpha value is -2.25. The number of carbonyl (C=O) groups is 2. The zero-order valence-corrected chi connectivity index (χ0v) is 9.88. The van der Waals surface area contributed by atoms with Gasteiger partial charge in [0.1, 0.15) is 6.54 Å². The van der Waals surface area contributed by atoms with Crippen LogP contribution in [0.5, 0.6) is 0 Å². The van der Waals surface area contributed by atoms with Crippen LogP contribution in [-0.4, -0.2) is 31.8 Å². The number of halogens is 3. The minimum Gasteiger partial charge on any atom is -0.465 e. The quantitative estimate of drug-likeness (QED) is 0.831. The van der Waals surface area contributed by atoms with Crippen molar-refractivity contribution in [1.82, 2.24) is 5.32 Å². The first-order chi connectivity index (χ1) is 8.83. The lowest BCUT2D eigenvalue weighted by Gasteiger charge is -2.11. The minimum atomic E-state index is -4.50. The molecule has 0 spiro atoms. The van der Waals surface area contributed by atoms with Crippen molar-refractivity contribution < 1.29 is 27.5 Å². The highest BCUT2D eigenvalue weighted by molar-refractivity contribution is 6.00. The van der Waals surface area contributed by atoms with Crippen molar-refractivity contribution in [2.75, 3.05) is 19.0 Å². The lowest BCUT2D eigenvalue weighted by Crippen LogP contribution is -2.36. The molecule has 2 N–H and O–H groups in total. The zero-order valence-electron chi connectivity index (χ0n) is 9.88. The van der Waals surface area contributed by atoms with E-state index in [2.05, 4.69) is 10.1 Å². The molecule has 1 rings (SSSR count). The lowest BCUT2D eigenvalue weighted by molar-refractivity contribution is -0.122. The molecule has 0 fully saturated rings. The van der Waals surface area contributed by atoms with E-state index in [0.29, 0.717) is 0 Å². The summed E-state index contributed by atoms with van der Waals surface area (Å²) in [4.78, 5) is 22.6. The second kappa shape index (κ2) is 6.07. The van der Waals surface area contributed by atoms with Crippen LogP contribution in [0.3, 0.4) is 0 Å². The Balaban J connectivity index is 2.72. The summed E-state index contributed by atoms with van der Waals surface area (Å²) in [7, 11) is 1.16. The monoisotopic (exact) mass is 276 g/mol. The Bertz CT molecular complexity index is 474. The normalized spacial score (nSPS) is 10.7. The third-order valence-electron chi connectivity index (χ3n) is 2.03. The first kappa shape index (κ1) is 14.8. The van der Waals surface area contributed by atoms with Gasteiger partial charge in [0.05, 0.1) is 18.4 Å². The molecule has 1 aromatic carbocycles. The van der Waals surface area contributed by atoms with Crippen LogP contribution in [-0.2, 0) is 4.74 Å². The van der Waals surface area contributed by atoms with E-state index < -0.39 is 24.7 Å². The van der Waals surface area contributed by atoms with Gasteiger partial charge in [-0.25, -0.2) is 9.59 Å². The van der Waals surface area contributed by atoms with Gasteiger partial charge in [0.15, 0.2) is 0 Å². The number of alkyl halides is 3. The summed E-state index contributed by atoms with van der Waals surface area (Å²) in [5.41, 5.74) is 0.112. The molecule has 5 nitrogen and oxygen atoms in total. The SMILES string of the molecule is COC(=O)c1ccccc1NC(=O)NCC(F)(F)F. The fraction of sp³-hybridized carbons (Fsp3) is 0.273. The van der Waals surface area contributed by atoms with E-state index in [0.717, 1.165) is 7.11 Å². The molecule has 0 unspecified atom stereocenters. The van der Waals surface area contributed by atoms with Gasteiger partial charge in [0, 0.05) is 0 Å². The number of amides is 2. The number of ether oxygens (including phenoxy) is 1. The van der Waals surface area contributed by atoms with Gasteiger partial charge in [0.2, 0.25) is 0 Å². The van der Waals surface area contributed by atoms with Gasteiger partial charge in [-0.15, -0.1) is 0 Å². The largest absolute Gasteiger partial charge is 0.465 e. The molecule has 104 valence electrons. The van der Waals surface area contributed by atoms with Crippen molar-refractivity contribution in [1.29, 1.82) is 0 Å². The smallest absolute Gasteiger partial charge is 0.405 e. The van der Waals surface area contributed by atoms with Gasteiger partial charge >= 0.3 is 18.2 Å². The molecule has 0 radical (unpaired) electrons. The van der Waals surface area contributed by atoms with E-state index >= 15 is 0 Å². The standard InChI is InChI=1S/C11H11F3N2O3/c1-19-9(17)7-4-2-3-5-8(7)16-10(18)15-6-11(12,13)14/h2-5H,6H2,1H3,(H2,15,16,18). The summed E-state index contributed by atoms with van der Waals surface area (Å²) >= 11 is 0. The molecule has 19 heavy (non-hydrogen) atoms. The minimum absolute atomic E-state index is 0.0483. The summed E-state index contributed by atoms with van der Waals surface area (Å²) in [6.45, 7) is -1.46. The van der Waals surface area contributed by atoms with E-state index in [4.69, 9.17) is 0 Å². The molecule has 0 aliphatic rings. The summed E-state index contributed by atoms with van der Waals surface area (Å²) < 4.78 is 40.2. The van der Waals surface area contributed by atoms with Gasteiger partial charge in [0.25, 0.3) is 0 Å². The molecule has 0 aromatic heterocycles. The molecule has 0 aliphatic carbocycles. The van der Waals surface area contributed by atoms with Crippen molar-refractivity contribution in [3.8, 4) is 0 Å². The molecular weight excluding hydrogens is 265 g/mol. The van der Waals surface area contributed by atoms with Crippen LogP contribution in [0, 0.1) is 0 Å². The molecule has 8 heteroatoms. The molecule has 1 aromatic rings. The molecule has 0 bridgehead atoms. The third-order valence-corrected chi connectivity index (χ3v) is 2.03. The number of rotatable bonds is 3. The van der Waals surface area contributed by atoms with Crippen LogP contribution < -0.4 is 10.6 Å². The molecule has 0 heterocycles. The number of hydrogen-bond acceptors (Lipinski definition) is 3. The second-order valence-electron chi connectivity index (χ2n) is 3.46. The number of methoxy groups -OCH3 is 1. The average Bonchev–Trinajstić information content (AvgIpc) is 2.35. The number of benzene rings is 1. The van der Waals surface area contributed by atoms with Gasteiger partial charge in [-0.2, -0.15) is 13.2 Å². The fourth-order valence-corrected chi connectivity index (χ4v) is 1.23. The van der Waals surface area contributed by atoms with E-state index in [-0.39, 0.29) is 11.3 Å². The third kappa shape index (κ3) is 4.86. The van der Waals surface area contributed by atoms with Crippen LogP contribution in [0.15, 0.2) is 24.3 Å². The maximum absolute atomic E-state index is 11.9. The summed E-state index contributed by atoms with van der Waals surface area (Å²) in [5.74, 6) is -0.702. The van der Waals surface area contributed by atoms with Crippen molar-refractivity contribution >= 4 is 17.7 Å². The van der Waals surface area contributed by atoms with Crippen LogP contribution in [0.4, 0.5) is 23.7 Å². The number of carbonyl (C=O) groups excluding carboxylic acids is 2.